The van der Waals surface area contributed by atoms with Crippen LogP contribution in [0.15, 0.2) is 11.0 Å². The summed E-state index contributed by atoms with van der Waals surface area (Å²) in [5, 5.41) is 0. The van der Waals surface area contributed by atoms with Crippen LogP contribution in [0.5, 0.6) is 0 Å². The minimum absolute atomic E-state index is 0.209. The third kappa shape index (κ3) is 3.93. The molecule has 0 aliphatic carbocycles. The number of H-pyrrole nitrogens is 1. The summed E-state index contributed by atoms with van der Waals surface area (Å²) in [5.41, 5.74) is -2.73. The predicted molar refractivity (Wildman–Crippen MR) is 84.8 cm³/mol. The highest BCUT2D eigenvalue weighted by molar-refractivity contribution is 6.76. The van der Waals surface area contributed by atoms with E-state index in [4.69, 9.17) is 4.74 Å². The number of hydrogen-bond donors (Lipinski definition) is 1. The van der Waals surface area contributed by atoms with Gasteiger partial charge in [-0.05, 0) is 6.04 Å². The van der Waals surface area contributed by atoms with Crippen LogP contribution in [0.2, 0.25) is 25.7 Å². The molecule has 10 heteroatoms. The van der Waals surface area contributed by atoms with Crippen LogP contribution in [0.3, 0.4) is 0 Å². The standard InChI is InChI=1S/C14H18F3N3O3Si/c1-24(2,3)5-4-23-8-20-10(7-21)19-11-9(14(15,16)17)6-18-13(22)12(11)20/h6-7H,4-5,8H2,1-3H3,(H,18,22). The fourth-order valence-electron chi connectivity index (χ4n) is 2.13. The molecule has 2 aromatic heterocycles. The number of aromatic nitrogens is 3. The average molecular weight is 361 g/mol. The topological polar surface area (TPSA) is 77.0 Å². The number of aldehydes is 1. The first-order chi connectivity index (χ1) is 11.0. The number of fused-ring (bicyclic) bond motifs is 1. The molecule has 0 spiro atoms. The highest BCUT2D eigenvalue weighted by Gasteiger charge is 2.35. The van der Waals surface area contributed by atoms with Crippen molar-refractivity contribution < 1.29 is 22.7 Å². The van der Waals surface area contributed by atoms with Crippen molar-refractivity contribution in [3.63, 3.8) is 0 Å². The molecule has 0 bridgehead atoms. The molecule has 0 atom stereocenters. The van der Waals surface area contributed by atoms with Gasteiger partial charge in [0.15, 0.2) is 12.1 Å². The highest BCUT2D eigenvalue weighted by Crippen LogP contribution is 2.32. The third-order valence-electron chi connectivity index (χ3n) is 3.44. The van der Waals surface area contributed by atoms with Crippen LogP contribution in [0.4, 0.5) is 13.2 Å². The van der Waals surface area contributed by atoms with Gasteiger partial charge in [0, 0.05) is 20.9 Å². The molecule has 6 nitrogen and oxygen atoms in total. The van der Waals surface area contributed by atoms with Gasteiger partial charge in [0.2, 0.25) is 0 Å². The Labute approximate surface area is 136 Å². The molecule has 0 aliphatic heterocycles. The van der Waals surface area contributed by atoms with Crippen molar-refractivity contribution in [1.29, 1.82) is 0 Å². The molecule has 0 fully saturated rings. The van der Waals surface area contributed by atoms with Gasteiger partial charge in [-0.3, -0.25) is 14.2 Å². The zero-order valence-electron chi connectivity index (χ0n) is 13.5. The lowest BCUT2D eigenvalue weighted by Crippen LogP contribution is -2.22. The van der Waals surface area contributed by atoms with Crippen molar-refractivity contribution >= 4 is 25.4 Å². The van der Waals surface area contributed by atoms with Gasteiger partial charge < -0.3 is 9.72 Å². The van der Waals surface area contributed by atoms with Crippen LogP contribution in [-0.4, -0.2) is 35.5 Å². The zero-order valence-corrected chi connectivity index (χ0v) is 14.5. The van der Waals surface area contributed by atoms with Gasteiger partial charge in [-0.15, -0.1) is 0 Å². The minimum Gasteiger partial charge on any atom is -0.361 e. The summed E-state index contributed by atoms with van der Waals surface area (Å²) in [5.74, 6) is -0.278. The number of imidazole rings is 1. The molecule has 0 amide bonds. The maximum Gasteiger partial charge on any atom is 0.419 e. The smallest absolute Gasteiger partial charge is 0.361 e. The number of pyridine rings is 1. The Morgan fingerprint density at radius 2 is 2.04 bits per heavy atom. The van der Waals surface area contributed by atoms with Crippen LogP contribution in [0.1, 0.15) is 16.2 Å². The van der Waals surface area contributed by atoms with E-state index in [1.165, 1.54) is 0 Å². The first-order valence-corrected chi connectivity index (χ1v) is 11.0. The Balaban J connectivity index is 2.42. The van der Waals surface area contributed by atoms with E-state index in [9.17, 15) is 22.8 Å². The molecule has 0 aromatic carbocycles. The summed E-state index contributed by atoms with van der Waals surface area (Å²) in [6.45, 7) is 6.64. The lowest BCUT2D eigenvalue weighted by atomic mass is 10.2. The van der Waals surface area contributed by atoms with Crippen LogP contribution < -0.4 is 5.56 Å². The van der Waals surface area contributed by atoms with E-state index in [1.807, 2.05) is 4.98 Å². The third-order valence-corrected chi connectivity index (χ3v) is 5.15. The van der Waals surface area contributed by atoms with Crippen LogP contribution in [0, 0.1) is 0 Å². The SMILES string of the molecule is C[Si](C)(C)CCOCn1c(C=O)nc2c(C(F)(F)F)c[nH]c(=O)c21. The lowest BCUT2D eigenvalue weighted by molar-refractivity contribution is -0.136. The molecule has 132 valence electrons. The summed E-state index contributed by atoms with van der Waals surface area (Å²) in [6.07, 6.45) is -3.83. The molecule has 24 heavy (non-hydrogen) atoms. The molecule has 0 saturated heterocycles. The molecule has 0 unspecified atom stereocenters. The summed E-state index contributed by atoms with van der Waals surface area (Å²) < 4.78 is 45.7. The Morgan fingerprint density at radius 3 is 2.58 bits per heavy atom. The number of alkyl halides is 3. The molecule has 0 saturated carbocycles. The number of aromatic amines is 1. The maximum absolute atomic E-state index is 13.0. The molecule has 1 N–H and O–H groups in total. The number of carbonyl (C=O) groups excluding carboxylic acids is 1. The van der Waals surface area contributed by atoms with Crippen molar-refractivity contribution in [3.05, 3.63) is 27.9 Å². The van der Waals surface area contributed by atoms with E-state index in [2.05, 4.69) is 24.6 Å². The van der Waals surface area contributed by atoms with Gasteiger partial charge in [0.05, 0.1) is 5.56 Å². The zero-order chi connectivity index (χ0) is 18.1. The normalized spacial score (nSPS) is 12.8. The summed E-state index contributed by atoms with van der Waals surface area (Å²) >= 11 is 0. The summed E-state index contributed by atoms with van der Waals surface area (Å²) in [7, 11) is -1.34. The van der Waals surface area contributed by atoms with Gasteiger partial charge in [-0.1, -0.05) is 19.6 Å². The number of nitrogens with zero attached hydrogens (tertiary/aromatic N) is 2. The molecule has 0 radical (unpaired) electrons. The second kappa shape index (κ2) is 6.52. The fourth-order valence-corrected chi connectivity index (χ4v) is 2.89. The van der Waals surface area contributed by atoms with Gasteiger partial charge in [0.1, 0.15) is 17.8 Å². The van der Waals surface area contributed by atoms with Crippen molar-refractivity contribution in [2.45, 2.75) is 38.6 Å². The van der Waals surface area contributed by atoms with E-state index in [-0.39, 0.29) is 18.1 Å². The number of carbonyl (C=O) groups is 1. The Kier molecular flexibility index (Phi) is 4.99. The Bertz CT molecular complexity index is 806. The van der Waals surface area contributed by atoms with E-state index in [0.717, 1.165) is 10.6 Å². The average Bonchev–Trinajstić information content (AvgIpc) is 2.81. The van der Waals surface area contributed by atoms with Gasteiger partial charge in [0.25, 0.3) is 5.56 Å². The van der Waals surface area contributed by atoms with Crippen LogP contribution in [0.25, 0.3) is 11.0 Å². The number of nitrogens with one attached hydrogen (secondary N) is 1. The molecule has 2 rings (SSSR count). The van der Waals surface area contributed by atoms with Crippen LogP contribution in [-0.2, 0) is 17.6 Å². The monoisotopic (exact) mass is 361 g/mol. The Morgan fingerprint density at radius 1 is 1.38 bits per heavy atom. The first kappa shape index (κ1) is 18.4. The second-order valence-electron chi connectivity index (χ2n) is 6.59. The highest BCUT2D eigenvalue weighted by atomic mass is 28.3. The molecule has 2 heterocycles. The van der Waals surface area contributed by atoms with Crippen molar-refractivity contribution in [3.8, 4) is 0 Å². The number of hydrogen-bond acceptors (Lipinski definition) is 4. The molecule has 2 aromatic rings. The Hall–Kier alpha value is -1.94. The van der Waals surface area contributed by atoms with E-state index >= 15 is 0 Å². The first-order valence-electron chi connectivity index (χ1n) is 7.26. The van der Waals surface area contributed by atoms with Crippen molar-refractivity contribution in [2.75, 3.05) is 6.61 Å². The van der Waals surface area contributed by atoms with E-state index < -0.39 is 30.9 Å². The predicted octanol–water partition coefficient (Wildman–Crippen LogP) is 2.87. The van der Waals surface area contributed by atoms with Gasteiger partial charge in [-0.25, -0.2) is 4.98 Å². The maximum atomic E-state index is 13.0. The van der Waals surface area contributed by atoms with E-state index in [1.54, 1.807) is 0 Å². The summed E-state index contributed by atoms with van der Waals surface area (Å²) in [4.78, 5) is 28.8. The molecule has 0 aliphatic rings. The van der Waals surface area contributed by atoms with Crippen LogP contribution >= 0.6 is 0 Å². The quantitative estimate of drug-likeness (QED) is 0.488. The van der Waals surface area contributed by atoms with Gasteiger partial charge >= 0.3 is 6.18 Å². The molecular weight excluding hydrogens is 343 g/mol. The fraction of sp³-hybridized carbons (Fsp3) is 0.500. The number of halogens is 3. The van der Waals surface area contributed by atoms with Crippen molar-refractivity contribution in [2.24, 2.45) is 0 Å². The number of rotatable bonds is 6. The van der Waals surface area contributed by atoms with Gasteiger partial charge in [-0.2, -0.15) is 13.2 Å². The van der Waals surface area contributed by atoms with E-state index in [0.29, 0.717) is 19.1 Å². The molecular formula is C14H18F3N3O3Si. The van der Waals surface area contributed by atoms with Crippen molar-refractivity contribution in [1.82, 2.24) is 14.5 Å². The lowest BCUT2D eigenvalue weighted by Gasteiger charge is -2.15. The second-order valence-corrected chi connectivity index (χ2v) is 12.2. The minimum atomic E-state index is -4.69. The largest absolute Gasteiger partial charge is 0.419 e. The summed E-state index contributed by atoms with van der Waals surface area (Å²) in [6, 6.07) is 0.847. The number of ether oxygens (including phenoxy) is 1.